The van der Waals surface area contributed by atoms with E-state index >= 15 is 0 Å². The Balaban J connectivity index is 3.78. The predicted molar refractivity (Wildman–Crippen MR) is 386 cm³/mol. The van der Waals surface area contributed by atoms with Gasteiger partial charge in [0.05, 0.1) is 13.2 Å². The predicted octanol–water partition coefficient (Wildman–Crippen LogP) is 25.5. The van der Waals surface area contributed by atoms with Gasteiger partial charge in [0.25, 0.3) is 0 Å². The zero-order chi connectivity index (χ0) is 64.4. The fraction of sp³-hybridized carbons (Fsp3) is 0.823. The fourth-order valence-electron chi connectivity index (χ4n) is 11.4. The maximum Gasteiger partial charge on any atom is 0.472 e. The average Bonchev–Trinajstić information content (AvgIpc) is 3.58. The lowest BCUT2D eigenvalue weighted by atomic mass is 10.0. The lowest BCUT2D eigenvalue weighted by Crippen LogP contribution is -2.29. The van der Waals surface area contributed by atoms with Crippen molar-refractivity contribution in [2.75, 3.05) is 26.4 Å². The van der Waals surface area contributed by atoms with E-state index in [1.165, 1.54) is 289 Å². The molecule has 0 heterocycles. The number of hydrogen-bond donors (Lipinski definition) is 2. The van der Waals surface area contributed by atoms with Crippen molar-refractivity contribution in [1.29, 1.82) is 0 Å². The number of unbranched alkanes of at least 4 members (excludes halogenated alkanes) is 48. The Hall–Kier alpha value is -2.55. The first-order chi connectivity index (χ1) is 43.8. The minimum absolute atomic E-state index is 0.0546. The van der Waals surface area contributed by atoms with Gasteiger partial charge in [0, 0.05) is 19.4 Å². The molecule has 3 N–H and O–H groups in total. The molecule has 0 saturated carbocycles. The Morgan fingerprint density at radius 3 is 0.921 bits per heavy atom. The third-order valence-electron chi connectivity index (χ3n) is 17.1. The number of hydrogen-bond acceptors (Lipinski definition) is 8. The first-order valence-electron chi connectivity index (χ1n) is 38.4. The summed E-state index contributed by atoms with van der Waals surface area (Å²) in [5.41, 5.74) is 5.41. The van der Waals surface area contributed by atoms with Crippen LogP contribution in [-0.2, 0) is 32.7 Å². The van der Waals surface area contributed by atoms with Crippen molar-refractivity contribution in [3.63, 3.8) is 0 Å². The van der Waals surface area contributed by atoms with Gasteiger partial charge in [-0.05, 0) is 83.5 Å². The second kappa shape index (κ2) is 74.5. The van der Waals surface area contributed by atoms with Gasteiger partial charge >= 0.3 is 19.8 Å². The molecule has 10 heteroatoms. The summed E-state index contributed by atoms with van der Waals surface area (Å²) >= 11 is 0. The average molecular weight is 1270 g/mol. The van der Waals surface area contributed by atoms with Crippen LogP contribution in [0.4, 0.5) is 0 Å². The van der Waals surface area contributed by atoms with E-state index in [0.29, 0.717) is 6.42 Å². The van der Waals surface area contributed by atoms with Crippen LogP contribution in [0.5, 0.6) is 0 Å². The first kappa shape index (κ1) is 86.5. The highest BCUT2D eigenvalue weighted by molar-refractivity contribution is 7.47. The van der Waals surface area contributed by atoms with Gasteiger partial charge in [-0.1, -0.05) is 363 Å². The number of ether oxygens (including phenoxy) is 2. The van der Waals surface area contributed by atoms with Crippen LogP contribution in [0.25, 0.3) is 0 Å². The van der Waals surface area contributed by atoms with Crippen LogP contribution in [-0.4, -0.2) is 49.3 Å². The third-order valence-corrected chi connectivity index (χ3v) is 18.1. The molecule has 0 rings (SSSR count). The molecular formula is C79H146NO8P. The van der Waals surface area contributed by atoms with Crippen LogP contribution in [0.2, 0.25) is 0 Å². The molecular weight excluding hydrogens is 1120 g/mol. The van der Waals surface area contributed by atoms with E-state index in [0.717, 1.165) is 64.2 Å². The highest BCUT2D eigenvalue weighted by atomic mass is 31.2. The smallest absolute Gasteiger partial charge is 0.462 e. The lowest BCUT2D eigenvalue weighted by molar-refractivity contribution is -0.161. The number of phosphoric ester groups is 1. The SMILES string of the molecule is CC/C=C\C/C=C\C/C=C\C/C=C\CCCCCCCCCCCCCCCCCCCCCCC(=O)OC(COC(=O)CCCCCCCCCCCCCCCCCCCCCCCCC/C=C\C/C=C\CCCCCCC)COP(=O)(O)OCCN. The van der Waals surface area contributed by atoms with E-state index in [1.807, 2.05) is 0 Å². The molecule has 0 aromatic carbocycles. The van der Waals surface area contributed by atoms with E-state index in [9.17, 15) is 19.0 Å². The monoisotopic (exact) mass is 1270 g/mol. The Morgan fingerprint density at radius 1 is 0.348 bits per heavy atom. The summed E-state index contributed by atoms with van der Waals surface area (Å²) in [5, 5.41) is 0. The number of carbonyl (C=O) groups is 2. The summed E-state index contributed by atoms with van der Waals surface area (Å²) < 4.78 is 33.3. The Bertz CT molecular complexity index is 1690. The second-order valence-electron chi connectivity index (χ2n) is 25.8. The maximum absolute atomic E-state index is 12.8. The normalized spacial score (nSPS) is 13.3. The van der Waals surface area contributed by atoms with E-state index in [1.54, 1.807) is 0 Å². The standard InChI is InChI=1S/C79H146NO8P/c1-3-5-7-9-11-13-15-17-19-21-23-25-27-29-31-33-35-37-38-40-41-43-45-47-49-51-53-55-57-59-61-63-65-67-69-71-78(81)85-75-77(76-87-89(83,84)86-74-73-80)88-79(82)72-70-68-66-64-62-60-58-56-54-52-50-48-46-44-42-39-36-34-32-30-28-26-24-22-20-18-16-14-12-10-8-6-4-2/h6,8,12,14-15,17-18,20-21,23-24,26,77H,3-5,7,9-11,13,16,19,22,25,27-76,80H2,1-2H3,(H,83,84)/b8-6-,14-12-,17-15-,20-18-,23-21-,26-24-. The van der Waals surface area contributed by atoms with Crippen LogP contribution in [0, 0.1) is 0 Å². The lowest BCUT2D eigenvalue weighted by Gasteiger charge is -2.19. The van der Waals surface area contributed by atoms with E-state index in [4.69, 9.17) is 24.3 Å². The Kier molecular flexibility index (Phi) is 72.4. The Labute approximate surface area is 552 Å². The Morgan fingerprint density at radius 2 is 0.618 bits per heavy atom. The number of allylic oxidation sites excluding steroid dienone is 12. The van der Waals surface area contributed by atoms with Gasteiger partial charge in [-0.25, -0.2) is 4.57 Å². The molecule has 0 aromatic rings. The number of esters is 2. The van der Waals surface area contributed by atoms with Crippen molar-refractivity contribution < 1.29 is 37.6 Å². The number of phosphoric acid groups is 1. The highest BCUT2D eigenvalue weighted by Crippen LogP contribution is 2.43. The van der Waals surface area contributed by atoms with Gasteiger partial charge in [0.2, 0.25) is 0 Å². The van der Waals surface area contributed by atoms with Gasteiger partial charge < -0.3 is 20.1 Å². The zero-order valence-electron chi connectivity index (χ0n) is 58.7. The number of rotatable bonds is 73. The van der Waals surface area contributed by atoms with Gasteiger partial charge in [-0.3, -0.25) is 18.6 Å². The molecule has 2 atom stereocenters. The summed E-state index contributed by atoms with van der Waals surface area (Å²) in [6.45, 7) is 3.69. The first-order valence-corrected chi connectivity index (χ1v) is 39.9. The highest BCUT2D eigenvalue weighted by Gasteiger charge is 2.26. The van der Waals surface area contributed by atoms with Crippen molar-refractivity contribution in [3.05, 3.63) is 72.9 Å². The summed E-state index contributed by atoms with van der Waals surface area (Å²) in [6.07, 6.45) is 98.9. The van der Waals surface area contributed by atoms with Crippen molar-refractivity contribution >= 4 is 19.8 Å². The molecule has 520 valence electrons. The molecule has 9 nitrogen and oxygen atoms in total. The number of nitrogens with two attached hydrogens (primary N) is 1. The number of carbonyl (C=O) groups excluding carboxylic acids is 2. The summed E-state index contributed by atoms with van der Waals surface area (Å²) in [5.74, 6) is -0.806. The van der Waals surface area contributed by atoms with Gasteiger partial charge in [0.1, 0.15) is 6.61 Å². The molecule has 0 aliphatic rings. The third kappa shape index (κ3) is 74.4. The minimum atomic E-state index is -4.39. The van der Waals surface area contributed by atoms with Crippen LogP contribution in [0.15, 0.2) is 72.9 Å². The van der Waals surface area contributed by atoms with Crippen molar-refractivity contribution in [3.8, 4) is 0 Å². The van der Waals surface area contributed by atoms with Crippen molar-refractivity contribution in [1.82, 2.24) is 0 Å². The molecule has 0 radical (unpaired) electrons. The largest absolute Gasteiger partial charge is 0.472 e. The second-order valence-corrected chi connectivity index (χ2v) is 27.3. The molecule has 89 heavy (non-hydrogen) atoms. The molecule has 0 aromatic heterocycles. The van der Waals surface area contributed by atoms with Gasteiger partial charge in [0.15, 0.2) is 6.10 Å². The van der Waals surface area contributed by atoms with Crippen molar-refractivity contribution in [2.24, 2.45) is 5.73 Å². The fourth-order valence-corrected chi connectivity index (χ4v) is 12.2. The van der Waals surface area contributed by atoms with Crippen molar-refractivity contribution in [2.45, 2.75) is 392 Å². The van der Waals surface area contributed by atoms with Gasteiger partial charge in [-0.2, -0.15) is 0 Å². The van der Waals surface area contributed by atoms with E-state index in [-0.39, 0.29) is 38.6 Å². The summed E-state index contributed by atoms with van der Waals surface area (Å²) in [7, 11) is -4.39. The quantitative estimate of drug-likeness (QED) is 0.0264. The summed E-state index contributed by atoms with van der Waals surface area (Å²) in [6, 6.07) is 0. The molecule has 0 fully saturated rings. The summed E-state index contributed by atoms with van der Waals surface area (Å²) in [4.78, 5) is 35.4. The molecule has 0 spiro atoms. The van der Waals surface area contributed by atoms with Crippen LogP contribution < -0.4 is 5.73 Å². The van der Waals surface area contributed by atoms with Crippen LogP contribution in [0.3, 0.4) is 0 Å². The van der Waals surface area contributed by atoms with Crippen LogP contribution in [0.1, 0.15) is 386 Å². The van der Waals surface area contributed by atoms with E-state index < -0.39 is 26.5 Å². The zero-order valence-corrected chi connectivity index (χ0v) is 59.6. The maximum atomic E-state index is 12.8. The van der Waals surface area contributed by atoms with Gasteiger partial charge in [-0.15, -0.1) is 0 Å². The molecule has 0 aliphatic carbocycles. The molecule has 2 unspecified atom stereocenters. The topological polar surface area (TPSA) is 134 Å². The molecule has 0 amide bonds. The minimum Gasteiger partial charge on any atom is -0.462 e. The molecule has 0 aliphatic heterocycles. The molecule has 0 bridgehead atoms. The van der Waals surface area contributed by atoms with Crippen LogP contribution >= 0.6 is 7.82 Å². The van der Waals surface area contributed by atoms with E-state index in [2.05, 4.69) is 86.8 Å². The molecule has 0 saturated heterocycles.